The summed E-state index contributed by atoms with van der Waals surface area (Å²) in [7, 11) is 1.59. The number of carbonyl (C=O) groups excluding carboxylic acids is 2. The van der Waals surface area contributed by atoms with E-state index in [2.05, 4.69) is 10.3 Å². The van der Waals surface area contributed by atoms with Gasteiger partial charge in [-0.2, -0.15) is 0 Å². The maximum absolute atomic E-state index is 13.4. The van der Waals surface area contributed by atoms with Crippen LogP contribution in [0.1, 0.15) is 22.3 Å². The minimum atomic E-state index is -0.353. The van der Waals surface area contributed by atoms with Crippen LogP contribution in [0.3, 0.4) is 0 Å². The zero-order valence-corrected chi connectivity index (χ0v) is 17.7. The summed E-state index contributed by atoms with van der Waals surface area (Å²) >= 11 is 0. The highest BCUT2D eigenvalue weighted by Crippen LogP contribution is 2.33. The fourth-order valence-corrected chi connectivity index (χ4v) is 3.55. The molecule has 0 unspecified atom stereocenters. The van der Waals surface area contributed by atoms with Crippen molar-refractivity contribution in [2.75, 3.05) is 12.4 Å². The van der Waals surface area contributed by atoms with Crippen molar-refractivity contribution in [3.63, 3.8) is 0 Å². The summed E-state index contributed by atoms with van der Waals surface area (Å²) in [5.41, 5.74) is 5.04. The molecule has 0 spiro atoms. The van der Waals surface area contributed by atoms with E-state index in [1.54, 1.807) is 55.9 Å². The Bertz CT molecular complexity index is 1170. The Kier molecular flexibility index (Phi) is 5.54. The van der Waals surface area contributed by atoms with E-state index in [4.69, 9.17) is 4.74 Å². The number of methoxy groups -OCH3 is 1. The molecule has 1 aliphatic heterocycles. The third kappa shape index (κ3) is 3.92. The maximum atomic E-state index is 13.4. The van der Waals surface area contributed by atoms with Crippen LogP contribution in [0.15, 0.2) is 72.7 Å². The Labute approximate surface area is 181 Å². The number of benzene rings is 2. The van der Waals surface area contributed by atoms with Gasteiger partial charge in [0.15, 0.2) is 0 Å². The molecule has 0 radical (unpaired) electrons. The molecule has 1 aromatic heterocycles. The zero-order chi connectivity index (χ0) is 22.0. The van der Waals surface area contributed by atoms with Crippen molar-refractivity contribution in [3.8, 4) is 5.75 Å². The molecule has 2 aromatic carbocycles. The molecule has 2 amide bonds. The van der Waals surface area contributed by atoms with Gasteiger partial charge in [-0.25, -0.2) is 0 Å². The van der Waals surface area contributed by atoms with Gasteiger partial charge in [-0.1, -0.05) is 24.3 Å². The highest BCUT2D eigenvalue weighted by atomic mass is 16.5. The Morgan fingerprint density at radius 3 is 2.32 bits per heavy atom. The smallest absolute Gasteiger partial charge is 0.278 e. The number of aryl methyl sites for hydroxylation is 1. The highest BCUT2D eigenvalue weighted by molar-refractivity contribution is 6.36. The molecular weight excluding hydrogens is 390 g/mol. The lowest BCUT2D eigenvalue weighted by atomic mass is 10.0. The van der Waals surface area contributed by atoms with Crippen LogP contribution in [0, 0.1) is 13.8 Å². The number of nitrogens with zero attached hydrogens (tertiary/aromatic N) is 2. The van der Waals surface area contributed by atoms with E-state index in [1.807, 2.05) is 32.0 Å². The van der Waals surface area contributed by atoms with E-state index in [-0.39, 0.29) is 24.1 Å². The molecule has 6 nitrogen and oxygen atoms in total. The zero-order valence-electron chi connectivity index (χ0n) is 17.7. The minimum absolute atomic E-state index is 0.178. The fourth-order valence-electron chi connectivity index (χ4n) is 3.55. The van der Waals surface area contributed by atoms with Gasteiger partial charge in [-0.15, -0.1) is 0 Å². The number of hydrogen-bond donors (Lipinski definition) is 1. The first-order chi connectivity index (χ1) is 15.0. The average molecular weight is 413 g/mol. The number of imide groups is 1. The quantitative estimate of drug-likeness (QED) is 0.616. The SMILES string of the molecule is COc1ccc(C2=C(Nc3cccc(C)c3C)C(=O)N(Cc3ccncc3)C2=O)cc1. The molecule has 0 atom stereocenters. The van der Waals surface area contributed by atoms with Crippen LogP contribution >= 0.6 is 0 Å². The lowest BCUT2D eigenvalue weighted by Crippen LogP contribution is -2.32. The summed E-state index contributed by atoms with van der Waals surface area (Å²) in [4.78, 5) is 32.0. The van der Waals surface area contributed by atoms with Crippen molar-refractivity contribution < 1.29 is 14.3 Å². The van der Waals surface area contributed by atoms with E-state index < -0.39 is 0 Å². The molecule has 156 valence electrons. The molecule has 0 saturated heterocycles. The number of pyridine rings is 1. The Morgan fingerprint density at radius 2 is 1.65 bits per heavy atom. The van der Waals surface area contributed by atoms with Crippen LogP contribution in [-0.2, 0) is 16.1 Å². The number of carbonyl (C=O) groups is 2. The number of hydrogen-bond acceptors (Lipinski definition) is 5. The summed E-state index contributed by atoms with van der Waals surface area (Å²) in [6.45, 7) is 4.18. The molecule has 4 rings (SSSR count). The molecular formula is C25H23N3O3. The normalized spacial score (nSPS) is 13.7. The first-order valence-electron chi connectivity index (χ1n) is 9.96. The molecule has 0 aliphatic carbocycles. The fraction of sp³-hybridized carbons (Fsp3) is 0.160. The molecule has 0 bridgehead atoms. The van der Waals surface area contributed by atoms with Gasteiger partial charge < -0.3 is 10.1 Å². The first-order valence-corrected chi connectivity index (χ1v) is 9.96. The molecule has 0 fully saturated rings. The van der Waals surface area contributed by atoms with Crippen LogP contribution in [0.5, 0.6) is 5.75 Å². The van der Waals surface area contributed by atoms with E-state index in [1.165, 1.54) is 4.90 Å². The van der Waals surface area contributed by atoms with Crippen LogP contribution in [0.2, 0.25) is 0 Å². The minimum Gasteiger partial charge on any atom is -0.497 e. The van der Waals surface area contributed by atoms with E-state index >= 15 is 0 Å². The summed E-state index contributed by atoms with van der Waals surface area (Å²) in [6, 6.07) is 16.6. The number of nitrogens with one attached hydrogen (secondary N) is 1. The Hall–Kier alpha value is -3.93. The van der Waals surface area contributed by atoms with Crippen LogP contribution in [0.4, 0.5) is 5.69 Å². The van der Waals surface area contributed by atoms with Gasteiger partial charge in [0.25, 0.3) is 11.8 Å². The van der Waals surface area contributed by atoms with E-state index in [0.29, 0.717) is 16.9 Å². The summed E-state index contributed by atoms with van der Waals surface area (Å²) in [6.07, 6.45) is 3.29. The third-order valence-corrected chi connectivity index (χ3v) is 5.50. The van der Waals surface area contributed by atoms with Gasteiger partial charge in [0.1, 0.15) is 11.4 Å². The molecule has 1 aliphatic rings. The maximum Gasteiger partial charge on any atom is 0.278 e. The number of aromatic nitrogens is 1. The Balaban J connectivity index is 1.77. The largest absolute Gasteiger partial charge is 0.497 e. The lowest BCUT2D eigenvalue weighted by molar-refractivity contribution is -0.137. The van der Waals surface area contributed by atoms with Crippen molar-refractivity contribution >= 4 is 23.1 Å². The van der Waals surface area contributed by atoms with Gasteiger partial charge in [0.2, 0.25) is 0 Å². The van der Waals surface area contributed by atoms with E-state index in [9.17, 15) is 9.59 Å². The second kappa shape index (κ2) is 8.44. The number of amides is 2. The summed E-state index contributed by atoms with van der Waals surface area (Å²) in [5, 5.41) is 3.25. The standard InChI is InChI=1S/C25H23N3O3/c1-16-5-4-6-21(17(16)2)27-23-22(19-7-9-20(31-3)10-8-19)24(29)28(25(23)30)15-18-11-13-26-14-12-18/h4-14,27H,15H2,1-3H3. The number of ether oxygens (including phenoxy) is 1. The second-order valence-electron chi connectivity index (χ2n) is 7.40. The highest BCUT2D eigenvalue weighted by Gasteiger charge is 2.39. The molecule has 3 aromatic rings. The molecule has 1 N–H and O–H groups in total. The van der Waals surface area contributed by atoms with Crippen molar-refractivity contribution in [2.45, 2.75) is 20.4 Å². The molecule has 2 heterocycles. The average Bonchev–Trinajstić information content (AvgIpc) is 3.02. The van der Waals surface area contributed by atoms with Crippen LogP contribution < -0.4 is 10.1 Å². The topological polar surface area (TPSA) is 71.5 Å². The van der Waals surface area contributed by atoms with Gasteiger partial charge >= 0.3 is 0 Å². The molecule has 31 heavy (non-hydrogen) atoms. The van der Waals surface area contributed by atoms with Crippen LogP contribution in [0.25, 0.3) is 5.57 Å². The predicted molar refractivity (Wildman–Crippen MR) is 119 cm³/mol. The lowest BCUT2D eigenvalue weighted by Gasteiger charge is -2.16. The van der Waals surface area contributed by atoms with Gasteiger partial charge in [-0.3, -0.25) is 19.5 Å². The van der Waals surface area contributed by atoms with Crippen LogP contribution in [-0.4, -0.2) is 28.8 Å². The van der Waals surface area contributed by atoms with Gasteiger partial charge in [-0.05, 0) is 66.4 Å². The summed E-state index contributed by atoms with van der Waals surface area (Å²) < 4.78 is 5.23. The third-order valence-electron chi connectivity index (χ3n) is 5.50. The number of rotatable bonds is 6. The second-order valence-corrected chi connectivity index (χ2v) is 7.40. The summed E-state index contributed by atoms with van der Waals surface area (Å²) in [5.74, 6) is -0.00729. The number of anilines is 1. The molecule has 6 heteroatoms. The van der Waals surface area contributed by atoms with Crippen molar-refractivity contribution in [3.05, 3.63) is 94.9 Å². The van der Waals surface area contributed by atoms with Crippen molar-refractivity contribution in [2.24, 2.45) is 0 Å². The van der Waals surface area contributed by atoms with Crippen molar-refractivity contribution in [1.29, 1.82) is 0 Å². The van der Waals surface area contributed by atoms with E-state index in [0.717, 1.165) is 22.4 Å². The predicted octanol–water partition coefficient (Wildman–Crippen LogP) is 4.10. The van der Waals surface area contributed by atoms with Gasteiger partial charge in [0.05, 0.1) is 19.2 Å². The van der Waals surface area contributed by atoms with Gasteiger partial charge in [0, 0.05) is 18.1 Å². The Morgan fingerprint density at radius 1 is 0.935 bits per heavy atom. The monoisotopic (exact) mass is 413 g/mol. The molecule has 0 saturated carbocycles. The van der Waals surface area contributed by atoms with Crippen molar-refractivity contribution in [1.82, 2.24) is 9.88 Å². The first kappa shape index (κ1) is 20.3.